The Kier molecular flexibility index (Phi) is 7.93. The molecule has 3 rings (SSSR count). The first-order valence-electron chi connectivity index (χ1n) is 10.4. The summed E-state index contributed by atoms with van der Waals surface area (Å²) in [4.78, 5) is 16.6. The topological polar surface area (TPSA) is 68.2 Å². The lowest BCUT2D eigenvalue weighted by Gasteiger charge is -2.34. The Morgan fingerprint density at radius 2 is 1.83 bits per heavy atom. The third kappa shape index (κ3) is 6.37. The van der Waals surface area contributed by atoms with Crippen LogP contribution in [0.3, 0.4) is 0 Å². The molecule has 1 aliphatic rings. The van der Waals surface area contributed by atoms with Crippen LogP contribution in [0.1, 0.15) is 30.0 Å². The van der Waals surface area contributed by atoms with Crippen molar-refractivity contribution in [2.75, 3.05) is 32.7 Å². The Labute approximate surface area is 177 Å². The summed E-state index contributed by atoms with van der Waals surface area (Å²) in [6.07, 6.45) is 3.22. The van der Waals surface area contributed by atoms with Crippen LogP contribution in [0.5, 0.6) is 5.75 Å². The molecule has 0 aromatic heterocycles. The van der Waals surface area contributed by atoms with Crippen molar-refractivity contribution in [2.24, 2.45) is 5.10 Å². The largest absolute Gasteiger partial charge is 0.507 e. The number of hydrogen-bond donors (Lipinski definition) is 2. The first-order chi connectivity index (χ1) is 14.5. The molecule has 30 heavy (non-hydrogen) atoms. The molecule has 160 valence electrons. The highest BCUT2D eigenvalue weighted by atomic mass is 19.1. The van der Waals surface area contributed by atoms with Crippen molar-refractivity contribution in [3.8, 4) is 5.75 Å². The fraction of sp³-hybridized carbons (Fsp3) is 0.391. The fourth-order valence-corrected chi connectivity index (χ4v) is 3.55. The van der Waals surface area contributed by atoms with E-state index in [2.05, 4.69) is 27.3 Å². The van der Waals surface area contributed by atoms with E-state index in [1.54, 1.807) is 6.07 Å². The zero-order valence-corrected chi connectivity index (χ0v) is 17.4. The number of rotatable bonds is 8. The SMILES string of the molecule is CCCc1cccc(/C=N\NC(=O)CN2CCN(Cc3ccc(F)cc3)CC2)c1O. The molecule has 0 atom stereocenters. The minimum atomic E-state index is -0.221. The summed E-state index contributed by atoms with van der Waals surface area (Å²) in [6.45, 7) is 6.41. The first kappa shape index (κ1) is 21.9. The zero-order valence-electron chi connectivity index (χ0n) is 17.4. The molecule has 0 saturated carbocycles. The third-order valence-corrected chi connectivity index (χ3v) is 5.21. The molecular formula is C23H29FN4O2. The number of para-hydroxylation sites is 1. The Balaban J connectivity index is 1.41. The third-order valence-electron chi connectivity index (χ3n) is 5.21. The average Bonchev–Trinajstić information content (AvgIpc) is 2.74. The Bertz CT molecular complexity index is 862. The van der Waals surface area contributed by atoms with E-state index >= 15 is 0 Å². The number of nitrogens with one attached hydrogen (secondary N) is 1. The van der Waals surface area contributed by atoms with E-state index in [1.165, 1.54) is 18.3 Å². The minimum Gasteiger partial charge on any atom is -0.507 e. The fourth-order valence-electron chi connectivity index (χ4n) is 3.55. The summed E-state index contributed by atoms with van der Waals surface area (Å²) in [5.74, 6) is -0.182. The van der Waals surface area contributed by atoms with Crippen molar-refractivity contribution in [3.63, 3.8) is 0 Å². The number of phenols is 1. The summed E-state index contributed by atoms with van der Waals surface area (Å²) < 4.78 is 13.0. The van der Waals surface area contributed by atoms with Crippen molar-refractivity contribution < 1.29 is 14.3 Å². The monoisotopic (exact) mass is 412 g/mol. The standard InChI is InChI=1S/C23H29FN4O2/c1-2-4-19-5-3-6-20(23(19)30)15-25-26-22(29)17-28-13-11-27(12-14-28)16-18-7-9-21(24)10-8-18/h3,5-10,15,30H,2,4,11-14,16-17H2,1H3,(H,26,29)/b25-15-. The van der Waals surface area contributed by atoms with Crippen LogP contribution in [-0.4, -0.2) is 59.8 Å². The van der Waals surface area contributed by atoms with Crippen LogP contribution in [0.15, 0.2) is 47.6 Å². The molecular weight excluding hydrogens is 383 g/mol. The van der Waals surface area contributed by atoms with Crippen molar-refractivity contribution in [2.45, 2.75) is 26.3 Å². The maximum atomic E-state index is 13.0. The predicted molar refractivity (Wildman–Crippen MR) is 116 cm³/mol. The van der Waals surface area contributed by atoms with Crippen molar-refractivity contribution in [1.29, 1.82) is 0 Å². The Morgan fingerprint density at radius 1 is 1.13 bits per heavy atom. The highest BCUT2D eigenvalue weighted by Crippen LogP contribution is 2.22. The number of hydrazone groups is 1. The van der Waals surface area contributed by atoms with Crippen molar-refractivity contribution >= 4 is 12.1 Å². The number of amides is 1. The maximum absolute atomic E-state index is 13.0. The van der Waals surface area contributed by atoms with Gasteiger partial charge in [0.05, 0.1) is 12.8 Å². The summed E-state index contributed by atoms with van der Waals surface area (Å²) >= 11 is 0. The molecule has 1 amide bonds. The van der Waals surface area contributed by atoms with Crippen molar-refractivity contribution in [3.05, 3.63) is 65.0 Å². The number of carbonyl (C=O) groups excluding carboxylic acids is 1. The van der Waals surface area contributed by atoms with Gasteiger partial charge in [0.15, 0.2) is 0 Å². The van der Waals surface area contributed by atoms with Gasteiger partial charge in [-0.25, -0.2) is 9.82 Å². The normalized spacial score (nSPS) is 15.5. The molecule has 0 unspecified atom stereocenters. The van der Waals surface area contributed by atoms with E-state index < -0.39 is 0 Å². The molecule has 0 bridgehead atoms. The molecule has 1 heterocycles. The van der Waals surface area contributed by atoms with Gasteiger partial charge in [-0.3, -0.25) is 14.6 Å². The molecule has 0 radical (unpaired) electrons. The number of nitrogens with zero attached hydrogens (tertiary/aromatic N) is 3. The second-order valence-corrected chi connectivity index (χ2v) is 7.58. The summed E-state index contributed by atoms with van der Waals surface area (Å²) in [7, 11) is 0. The van der Waals surface area contributed by atoms with Crippen LogP contribution < -0.4 is 5.43 Å². The predicted octanol–water partition coefficient (Wildman–Crippen LogP) is 2.75. The number of benzene rings is 2. The van der Waals surface area contributed by atoms with Crippen LogP contribution in [0, 0.1) is 5.82 Å². The van der Waals surface area contributed by atoms with Gasteiger partial charge in [0, 0.05) is 38.3 Å². The van der Waals surface area contributed by atoms with Crippen LogP contribution in [0.25, 0.3) is 0 Å². The highest BCUT2D eigenvalue weighted by Gasteiger charge is 2.19. The number of phenolic OH excluding ortho intramolecular Hbond substituents is 1. The second-order valence-electron chi connectivity index (χ2n) is 7.58. The number of hydrogen-bond acceptors (Lipinski definition) is 5. The number of aromatic hydroxyl groups is 1. The minimum absolute atomic E-state index is 0.178. The first-order valence-corrected chi connectivity index (χ1v) is 10.4. The Morgan fingerprint density at radius 3 is 2.53 bits per heavy atom. The van der Waals surface area contributed by atoms with Gasteiger partial charge in [-0.15, -0.1) is 0 Å². The van der Waals surface area contributed by atoms with Crippen molar-refractivity contribution in [1.82, 2.24) is 15.2 Å². The number of halogens is 1. The number of aryl methyl sites for hydroxylation is 1. The van der Waals surface area contributed by atoms with Gasteiger partial charge in [-0.1, -0.05) is 37.6 Å². The molecule has 6 nitrogen and oxygen atoms in total. The summed E-state index contributed by atoms with van der Waals surface area (Å²) in [5.41, 5.74) is 5.10. The van der Waals surface area contributed by atoms with E-state index in [0.29, 0.717) is 5.56 Å². The lowest BCUT2D eigenvalue weighted by atomic mass is 10.1. The van der Waals surface area contributed by atoms with E-state index in [1.807, 2.05) is 24.3 Å². The van der Waals surface area contributed by atoms with Gasteiger partial charge in [0.1, 0.15) is 11.6 Å². The Hall–Kier alpha value is -2.77. The van der Waals surface area contributed by atoms with Gasteiger partial charge in [-0.2, -0.15) is 5.10 Å². The van der Waals surface area contributed by atoms with Crippen LogP contribution in [0.2, 0.25) is 0 Å². The molecule has 0 spiro atoms. The van der Waals surface area contributed by atoms with E-state index in [-0.39, 0.29) is 24.0 Å². The quantitative estimate of drug-likeness (QED) is 0.517. The van der Waals surface area contributed by atoms with E-state index in [9.17, 15) is 14.3 Å². The molecule has 2 aromatic carbocycles. The van der Waals surface area contributed by atoms with Crippen LogP contribution in [-0.2, 0) is 17.8 Å². The molecule has 1 saturated heterocycles. The lowest BCUT2D eigenvalue weighted by Crippen LogP contribution is -2.48. The van der Waals surface area contributed by atoms with Gasteiger partial charge >= 0.3 is 0 Å². The number of carbonyl (C=O) groups is 1. The van der Waals surface area contributed by atoms with Crippen LogP contribution >= 0.6 is 0 Å². The lowest BCUT2D eigenvalue weighted by molar-refractivity contribution is -0.122. The molecule has 0 aliphatic carbocycles. The van der Waals surface area contributed by atoms with E-state index in [4.69, 9.17) is 0 Å². The van der Waals surface area contributed by atoms with E-state index in [0.717, 1.165) is 56.7 Å². The summed E-state index contributed by atoms with van der Waals surface area (Å²) in [6, 6.07) is 12.1. The van der Waals surface area contributed by atoms with Gasteiger partial charge in [0.2, 0.25) is 0 Å². The molecule has 7 heteroatoms. The molecule has 1 aliphatic heterocycles. The number of piperazine rings is 1. The van der Waals surface area contributed by atoms with Gasteiger partial charge in [0.25, 0.3) is 5.91 Å². The van der Waals surface area contributed by atoms with Gasteiger partial charge in [-0.05, 0) is 35.7 Å². The molecule has 1 fully saturated rings. The molecule has 2 N–H and O–H groups in total. The molecule has 2 aromatic rings. The van der Waals surface area contributed by atoms with Crippen LogP contribution in [0.4, 0.5) is 4.39 Å². The summed E-state index contributed by atoms with van der Waals surface area (Å²) in [5, 5.41) is 14.2. The maximum Gasteiger partial charge on any atom is 0.254 e. The smallest absolute Gasteiger partial charge is 0.254 e. The second kappa shape index (κ2) is 10.8. The van der Waals surface area contributed by atoms with Gasteiger partial charge < -0.3 is 5.11 Å². The average molecular weight is 413 g/mol. The zero-order chi connectivity index (χ0) is 21.3. The highest BCUT2D eigenvalue weighted by molar-refractivity contribution is 5.86.